The van der Waals surface area contributed by atoms with E-state index in [1.165, 1.54) is 0 Å². The van der Waals surface area contributed by atoms with Crippen molar-refractivity contribution >= 4 is 17.4 Å². The van der Waals surface area contributed by atoms with Crippen LogP contribution in [-0.4, -0.2) is 19.9 Å². The molecule has 1 aliphatic rings. The van der Waals surface area contributed by atoms with E-state index in [-0.39, 0.29) is 0 Å². The maximum Gasteiger partial charge on any atom is 0.135 e. The lowest BCUT2D eigenvalue weighted by molar-refractivity contribution is 0.912. The maximum absolute atomic E-state index is 5.97. The Kier molecular flexibility index (Phi) is 2.68. The van der Waals surface area contributed by atoms with E-state index in [1.807, 2.05) is 0 Å². The number of aromatic amines is 1. The number of anilines is 1. The van der Waals surface area contributed by atoms with Gasteiger partial charge < -0.3 is 10.3 Å². The molecule has 6 heteroatoms. The average Bonchev–Trinajstić information content (AvgIpc) is 3.04. The molecule has 0 aliphatic heterocycles. The largest absolute Gasteiger partial charge is 0.363 e. The number of aromatic nitrogens is 4. The van der Waals surface area contributed by atoms with Crippen molar-refractivity contribution in [3.63, 3.8) is 0 Å². The predicted molar refractivity (Wildman–Crippen MR) is 64.9 cm³/mol. The van der Waals surface area contributed by atoms with Crippen molar-refractivity contribution in [2.75, 3.05) is 5.32 Å². The number of imidazole rings is 1. The normalized spacial score (nSPS) is 14.9. The fraction of sp³-hybridized carbons (Fsp3) is 0.364. The number of nitrogens with zero attached hydrogens (tertiary/aromatic N) is 3. The summed E-state index contributed by atoms with van der Waals surface area (Å²) < 4.78 is 0. The standard InChI is InChI=1S/C11H12ClN5/c12-8-5-9(15-6-10-13-3-4-14-10)17-11(16-8)7-1-2-7/h3-5,7H,1-2,6H2,(H,13,14)(H,15,16,17). The van der Waals surface area contributed by atoms with Crippen molar-refractivity contribution in [3.8, 4) is 0 Å². The van der Waals surface area contributed by atoms with Crippen molar-refractivity contribution in [1.82, 2.24) is 19.9 Å². The summed E-state index contributed by atoms with van der Waals surface area (Å²) in [4.78, 5) is 15.8. The number of halogens is 1. The molecule has 2 aromatic heterocycles. The van der Waals surface area contributed by atoms with E-state index in [0.717, 1.165) is 30.3 Å². The Morgan fingerprint density at radius 3 is 3.00 bits per heavy atom. The van der Waals surface area contributed by atoms with Crippen LogP contribution in [0, 0.1) is 0 Å². The van der Waals surface area contributed by atoms with Gasteiger partial charge in [-0.1, -0.05) is 11.6 Å². The molecule has 1 fully saturated rings. The average molecular weight is 250 g/mol. The van der Waals surface area contributed by atoms with Crippen LogP contribution < -0.4 is 5.32 Å². The predicted octanol–water partition coefficient (Wildman–Crippen LogP) is 2.34. The molecule has 0 spiro atoms. The molecular formula is C11H12ClN5. The zero-order valence-corrected chi connectivity index (χ0v) is 9.91. The monoisotopic (exact) mass is 249 g/mol. The van der Waals surface area contributed by atoms with Gasteiger partial charge in [0.1, 0.15) is 22.6 Å². The SMILES string of the molecule is Clc1cc(NCc2ncc[nH]2)nc(C2CC2)n1. The van der Waals surface area contributed by atoms with Crippen molar-refractivity contribution in [3.05, 3.63) is 35.3 Å². The zero-order valence-electron chi connectivity index (χ0n) is 9.15. The van der Waals surface area contributed by atoms with Gasteiger partial charge in [-0.25, -0.2) is 15.0 Å². The van der Waals surface area contributed by atoms with Crippen molar-refractivity contribution in [2.45, 2.75) is 25.3 Å². The molecule has 2 N–H and O–H groups in total. The molecule has 5 nitrogen and oxygen atoms in total. The van der Waals surface area contributed by atoms with Gasteiger partial charge >= 0.3 is 0 Å². The fourth-order valence-electron chi connectivity index (χ4n) is 1.62. The molecule has 0 bridgehead atoms. The van der Waals surface area contributed by atoms with Gasteiger partial charge in [-0.3, -0.25) is 0 Å². The molecule has 1 aliphatic carbocycles. The Morgan fingerprint density at radius 2 is 2.29 bits per heavy atom. The Balaban J connectivity index is 1.73. The van der Waals surface area contributed by atoms with Gasteiger partial charge in [-0.05, 0) is 12.8 Å². The molecular weight excluding hydrogens is 238 g/mol. The van der Waals surface area contributed by atoms with E-state index in [0.29, 0.717) is 17.6 Å². The second-order valence-corrected chi connectivity index (χ2v) is 4.49. The highest BCUT2D eigenvalue weighted by atomic mass is 35.5. The Hall–Kier alpha value is -1.62. The van der Waals surface area contributed by atoms with Gasteiger partial charge in [0, 0.05) is 24.4 Å². The Bertz CT molecular complexity index is 507. The van der Waals surface area contributed by atoms with Gasteiger partial charge in [-0.2, -0.15) is 0 Å². The van der Waals surface area contributed by atoms with E-state index in [2.05, 4.69) is 25.3 Å². The molecule has 3 rings (SSSR count). The van der Waals surface area contributed by atoms with E-state index in [1.54, 1.807) is 18.5 Å². The molecule has 2 aromatic rings. The van der Waals surface area contributed by atoms with Gasteiger partial charge in [0.15, 0.2) is 0 Å². The first-order valence-corrected chi connectivity index (χ1v) is 5.95. The van der Waals surface area contributed by atoms with E-state index < -0.39 is 0 Å². The smallest absolute Gasteiger partial charge is 0.135 e. The Labute approximate surface area is 104 Å². The number of hydrogen-bond donors (Lipinski definition) is 2. The highest BCUT2D eigenvalue weighted by Gasteiger charge is 2.27. The van der Waals surface area contributed by atoms with E-state index in [9.17, 15) is 0 Å². The third-order valence-electron chi connectivity index (χ3n) is 2.65. The van der Waals surface area contributed by atoms with Crippen LogP contribution in [0.1, 0.15) is 30.4 Å². The number of H-pyrrole nitrogens is 1. The summed E-state index contributed by atoms with van der Waals surface area (Å²) >= 11 is 5.97. The van der Waals surface area contributed by atoms with Gasteiger partial charge in [0.25, 0.3) is 0 Å². The molecule has 0 saturated heterocycles. The van der Waals surface area contributed by atoms with Crippen LogP contribution >= 0.6 is 11.6 Å². The fourth-order valence-corrected chi connectivity index (χ4v) is 1.81. The quantitative estimate of drug-likeness (QED) is 0.817. The molecule has 0 radical (unpaired) electrons. The minimum atomic E-state index is 0.490. The molecule has 0 amide bonds. The molecule has 2 heterocycles. The summed E-state index contributed by atoms with van der Waals surface area (Å²) in [7, 11) is 0. The minimum Gasteiger partial charge on any atom is -0.363 e. The summed E-state index contributed by atoms with van der Waals surface area (Å²) in [6.45, 7) is 0.602. The second-order valence-electron chi connectivity index (χ2n) is 4.10. The minimum absolute atomic E-state index is 0.490. The van der Waals surface area contributed by atoms with Crippen LogP contribution in [0.2, 0.25) is 5.15 Å². The van der Waals surface area contributed by atoms with Crippen LogP contribution in [0.5, 0.6) is 0 Å². The topological polar surface area (TPSA) is 66.5 Å². The van der Waals surface area contributed by atoms with Crippen LogP contribution in [-0.2, 0) is 6.54 Å². The first kappa shape index (κ1) is 10.5. The lowest BCUT2D eigenvalue weighted by Crippen LogP contribution is -2.05. The van der Waals surface area contributed by atoms with Gasteiger partial charge in [0.05, 0.1) is 6.54 Å². The van der Waals surface area contributed by atoms with Crippen molar-refractivity contribution < 1.29 is 0 Å². The van der Waals surface area contributed by atoms with Crippen LogP contribution in [0.15, 0.2) is 18.5 Å². The number of hydrogen-bond acceptors (Lipinski definition) is 4. The van der Waals surface area contributed by atoms with Crippen molar-refractivity contribution in [1.29, 1.82) is 0 Å². The summed E-state index contributed by atoms with van der Waals surface area (Å²) in [5.74, 6) is 2.97. The highest BCUT2D eigenvalue weighted by molar-refractivity contribution is 6.29. The van der Waals surface area contributed by atoms with Crippen LogP contribution in [0.3, 0.4) is 0 Å². The first-order valence-electron chi connectivity index (χ1n) is 5.58. The molecule has 88 valence electrons. The molecule has 1 saturated carbocycles. The summed E-state index contributed by atoms with van der Waals surface area (Å²) in [6.07, 6.45) is 5.84. The molecule has 0 aromatic carbocycles. The summed E-state index contributed by atoms with van der Waals surface area (Å²) in [6, 6.07) is 1.73. The first-order chi connectivity index (χ1) is 8.31. The zero-order chi connectivity index (χ0) is 11.7. The molecule has 0 unspecified atom stereocenters. The Morgan fingerprint density at radius 1 is 1.41 bits per heavy atom. The third-order valence-corrected chi connectivity index (χ3v) is 2.84. The lowest BCUT2D eigenvalue weighted by atomic mass is 10.4. The van der Waals surface area contributed by atoms with E-state index in [4.69, 9.17) is 11.6 Å². The lowest BCUT2D eigenvalue weighted by Gasteiger charge is -2.06. The third kappa shape index (κ3) is 2.55. The van der Waals surface area contributed by atoms with Gasteiger partial charge in [-0.15, -0.1) is 0 Å². The van der Waals surface area contributed by atoms with Crippen LogP contribution in [0.25, 0.3) is 0 Å². The van der Waals surface area contributed by atoms with Crippen molar-refractivity contribution in [2.24, 2.45) is 0 Å². The number of rotatable bonds is 4. The van der Waals surface area contributed by atoms with Crippen LogP contribution in [0.4, 0.5) is 5.82 Å². The summed E-state index contributed by atoms with van der Waals surface area (Å²) in [5, 5.41) is 3.67. The van der Waals surface area contributed by atoms with Gasteiger partial charge in [0.2, 0.25) is 0 Å². The molecule has 17 heavy (non-hydrogen) atoms. The van der Waals surface area contributed by atoms with E-state index >= 15 is 0 Å². The summed E-state index contributed by atoms with van der Waals surface area (Å²) in [5.41, 5.74) is 0. The second kappa shape index (κ2) is 4.33. The number of nitrogens with one attached hydrogen (secondary N) is 2. The molecule has 0 atom stereocenters. The highest BCUT2D eigenvalue weighted by Crippen LogP contribution is 2.38. The maximum atomic E-state index is 5.97.